The molecule has 0 aliphatic carbocycles. The van der Waals surface area contributed by atoms with E-state index in [-0.39, 0.29) is 12.5 Å². The van der Waals surface area contributed by atoms with Crippen LogP contribution in [0.25, 0.3) is 0 Å². The van der Waals surface area contributed by atoms with Crippen LogP contribution in [-0.4, -0.2) is 15.6 Å². The Morgan fingerprint density at radius 1 is 1.24 bits per heavy atom. The van der Waals surface area contributed by atoms with E-state index in [0.29, 0.717) is 0 Å². The summed E-state index contributed by atoms with van der Waals surface area (Å²) in [6, 6.07) is 11.3. The van der Waals surface area contributed by atoms with E-state index in [2.05, 4.69) is 15.9 Å². The molecule has 0 aliphatic heterocycles. The average molecular weight is 294 g/mol. The summed E-state index contributed by atoms with van der Waals surface area (Å²) in [6.07, 6.45) is 3.83. The van der Waals surface area contributed by atoms with Crippen molar-refractivity contribution in [1.82, 2.24) is 4.57 Å². The first-order valence-electron chi connectivity index (χ1n) is 5.27. The molecule has 0 saturated heterocycles. The van der Waals surface area contributed by atoms with Gasteiger partial charge in [0.05, 0.1) is 12.5 Å². The van der Waals surface area contributed by atoms with E-state index in [1.54, 1.807) is 0 Å². The molecule has 1 aromatic carbocycles. The SMILES string of the molecule is O=C(O)CC(c1ccccc1Br)n1cccc1. The van der Waals surface area contributed by atoms with Gasteiger partial charge in [0.2, 0.25) is 0 Å². The fourth-order valence-corrected chi connectivity index (χ4v) is 2.39. The van der Waals surface area contributed by atoms with Crippen LogP contribution in [-0.2, 0) is 4.79 Å². The predicted octanol–water partition coefficient (Wildman–Crippen LogP) is 3.31. The Hall–Kier alpha value is -1.55. The minimum Gasteiger partial charge on any atom is -0.481 e. The molecule has 1 aromatic heterocycles. The monoisotopic (exact) mass is 293 g/mol. The lowest BCUT2D eigenvalue weighted by Gasteiger charge is -2.18. The summed E-state index contributed by atoms with van der Waals surface area (Å²) >= 11 is 3.47. The molecule has 2 aromatic rings. The number of aliphatic carboxylic acids is 1. The maximum Gasteiger partial charge on any atom is 0.305 e. The number of benzene rings is 1. The summed E-state index contributed by atoms with van der Waals surface area (Å²) in [5.74, 6) is -0.806. The highest BCUT2D eigenvalue weighted by Crippen LogP contribution is 2.28. The van der Waals surface area contributed by atoms with Gasteiger partial charge in [-0.15, -0.1) is 0 Å². The van der Waals surface area contributed by atoms with Crippen LogP contribution in [0.1, 0.15) is 18.0 Å². The van der Waals surface area contributed by atoms with Gasteiger partial charge in [-0.2, -0.15) is 0 Å². The molecule has 1 atom stereocenters. The van der Waals surface area contributed by atoms with E-state index >= 15 is 0 Å². The van der Waals surface area contributed by atoms with Crippen molar-refractivity contribution in [1.29, 1.82) is 0 Å². The number of carboxylic acids is 1. The Balaban J connectivity index is 2.41. The topological polar surface area (TPSA) is 42.2 Å². The molecule has 0 radical (unpaired) electrons. The minimum atomic E-state index is -0.806. The second-order valence-electron chi connectivity index (χ2n) is 3.77. The molecule has 1 N–H and O–H groups in total. The molecule has 1 heterocycles. The Labute approximate surface area is 108 Å². The zero-order chi connectivity index (χ0) is 12.3. The number of carboxylic acid groups (broad SMARTS) is 1. The first-order valence-corrected chi connectivity index (χ1v) is 6.06. The largest absolute Gasteiger partial charge is 0.481 e. The van der Waals surface area contributed by atoms with Crippen molar-refractivity contribution in [2.24, 2.45) is 0 Å². The van der Waals surface area contributed by atoms with Gasteiger partial charge >= 0.3 is 5.97 Å². The zero-order valence-electron chi connectivity index (χ0n) is 9.08. The van der Waals surface area contributed by atoms with Crippen LogP contribution in [0.2, 0.25) is 0 Å². The predicted molar refractivity (Wildman–Crippen MR) is 69.0 cm³/mol. The average Bonchev–Trinajstić information content (AvgIpc) is 2.80. The Morgan fingerprint density at radius 2 is 1.88 bits per heavy atom. The second-order valence-corrected chi connectivity index (χ2v) is 4.62. The van der Waals surface area contributed by atoms with Crippen LogP contribution in [0.4, 0.5) is 0 Å². The van der Waals surface area contributed by atoms with Crippen LogP contribution >= 0.6 is 15.9 Å². The fraction of sp³-hybridized carbons (Fsp3) is 0.154. The van der Waals surface area contributed by atoms with Crippen molar-refractivity contribution in [3.8, 4) is 0 Å². The number of carbonyl (C=O) groups is 1. The van der Waals surface area contributed by atoms with Gasteiger partial charge in [0.25, 0.3) is 0 Å². The van der Waals surface area contributed by atoms with E-state index in [1.165, 1.54) is 0 Å². The number of rotatable bonds is 4. The summed E-state index contributed by atoms with van der Waals surface area (Å²) < 4.78 is 2.84. The van der Waals surface area contributed by atoms with Gasteiger partial charge in [-0.05, 0) is 23.8 Å². The molecule has 3 nitrogen and oxygen atoms in total. The number of hydrogen-bond donors (Lipinski definition) is 1. The molecule has 1 unspecified atom stereocenters. The molecule has 88 valence electrons. The van der Waals surface area contributed by atoms with Gasteiger partial charge in [-0.25, -0.2) is 0 Å². The van der Waals surface area contributed by atoms with Gasteiger partial charge < -0.3 is 9.67 Å². The normalized spacial score (nSPS) is 12.3. The molecule has 17 heavy (non-hydrogen) atoms. The number of hydrogen-bond acceptors (Lipinski definition) is 1. The van der Waals surface area contributed by atoms with Crippen LogP contribution in [0.15, 0.2) is 53.3 Å². The summed E-state index contributed by atoms with van der Waals surface area (Å²) in [5, 5.41) is 9.01. The molecular weight excluding hydrogens is 282 g/mol. The number of aromatic nitrogens is 1. The summed E-state index contributed by atoms with van der Waals surface area (Å²) in [6.45, 7) is 0. The quantitative estimate of drug-likeness (QED) is 0.940. The lowest BCUT2D eigenvalue weighted by molar-refractivity contribution is -0.137. The fourth-order valence-electron chi connectivity index (χ4n) is 1.84. The van der Waals surface area contributed by atoms with Crippen molar-refractivity contribution in [2.45, 2.75) is 12.5 Å². The van der Waals surface area contributed by atoms with Crippen molar-refractivity contribution in [2.75, 3.05) is 0 Å². The van der Waals surface area contributed by atoms with E-state index < -0.39 is 5.97 Å². The van der Waals surface area contributed by atoms with Crippen LogP contribution in [0.5, 0.6) is 0 Å². The minimum absolute atomic E-state index is 0.0668. The first kappa shape index (κ1) is 11.9. The standard InChI is InChI=1S/C13H12BrNO2/c14-11-6-2-1-5-10(11)12(9-13(16)17)15-7-3-4-8-15/h1-8,12H,9H2,(H,16,17). The first-order chi connectivity index (χ1) is 8.18. The third-order valence-electron chi connectivity index (χ3n) is 2.62. The van der Waals surface area contributed by atoms with E-state index in [4.69, 9.17) is 5.11 Å². The molecule has 0 amide bonds. The maximum absolute atomic E-state index is 11.0. The molecule has 0 bridgehead atoms. The van der Waals surface area contributed by atoms with Crippen molar-refractivity contribution in [3.63, 3.8) is 0 Å². The lowest BCUT2D eigenvalue weighted by Crippen LogP contribution is -2.14. The van der Waals surface area contributed by atoms with Gasteiger partial charge in [-0.3, -0.25) is 4.79 Å². The van der Waals surface area contributed by atoms with E-state index in [0.717, 1.165) is 10.0 Å². The molecule has 2 rings (SSSR count). The number of halogens is 1. The van der Waals surface area contributed by atoms with Crippen molar-refractivity contribution in [3.05, 3.63) is 58.8 Å². The Kier molecular flexibility index (Phi) is 3.64. The Morgan fingerprint density at radius 3 is 2.47 bits per heavy atom. The van der Waals surface area contributed by atoms with Crippen molar-refractivity contribution < 1.29 is 9.90 Å². The third kappa shape index (κ3) is 2.77. The van der Waals surface area contributed by atoms with Crippen LogP contribution in [0, 0.1) is 0 Å². The van der Waals surface area contributed by atoms with Gasteiger partial charge in [-0.1, -0.05) is 34.1 Å². The molecule has 0 saturated carbocycles. The second kappa shape index (κ2) is 5.19. The highest BCUT2D eigenvalue weighted by Gasteiger charge is 2.18. The van der Waals surface area contributed by atoms with Crippen molar-refractivity contribution >= 4 is 21.9 Å². The molecule has 0 fully saturated rings. The highest BCUT2D eigenvalue weighted by molar-refractivity contribution is 9.10. The van der Waals surface area contributed by atoms with Crippen LogP contribution in [0.3, 0.4) is 0 Å². The van der Waals surface area contributed by atoms with Gasteiger partial charge in [0.15, 0.2) is 0 Å². The maximum atomic E-state index is 11.0. The Bertz CT molecular complexity index is 508. The smallest absolute Gasteiger partial charge is 0.305 e. The number of nitrogens with zero attached hydrogens (tertiary/aromatic N) is 1. The summed E-state index contributed by atoms with van der Waals surface area (Å²) in [4.78, 5) is 11.0. The van der Waals surface area contributed by atoms with E-state index in [1.807, 2.05) is 53.4 Å². The molecule has 0 aliphatic rings. The highest BCUT2D eigenvalue weighted by atomic mass is 79.9. The van der Waals surface area contributed by atoms with E-state index in [9.17, 15) is 4.79 Å². The lowest BCUT2D eigenvalue weighted by atomic mass is 10.0. The third-order valence-corrected chi connectivity index (χ3v) is 3.34. The molecular formula is C13H12BrNO2. The van der Waals surface area contributed by atoms with Gasteiger partial charge in [0.1, 0.15) is 0 Å². The summed E-state index contributed by atoms with van der Waals surface area (Å²) in [5.41, 5.74) is 0.978. The van der Waals surface area contributed by atoms with Gasteiger partial charge in [0, 0.05) is 16.9 Å². The van der Waals surface area contributed by atoms with Crippen LogP contribution < -0.4 is 0 Å². The molecule has 4 heteroatoms. The zero-order valence-corrected chi connectivity index (χ0v) is 10.7. The summed E-state index contributed by atoms with van der Waals surface area (Å²) in [7, 11) is 0. The molecule has 0 spiro atoms.